The van der Waals surface area contributed by atoms with E-state index in [2.05, 4.69) is 23.3 Å². The second kappa shape index (κ2) is 7.51. The zero-order valence-electron chi connectivity index (χ0n) is 9.00. The van der Waals surface area contributed by atoms with E-state index in [0.717, 1.165) is 19.5 Å². The zero-order valence-corrected chi connectivity index (χ0v) is 9.00. The van der Waals surface area contributed by atoms with Crippen LogP contribution in [0.15, 0.2) is 24.5 Å². The van der Waals surface area contributed by atoms with Crippen molar-refractivity contribution in [2.45, 2.75) is 32.6 Å². The molecule has 0 saturated carbocycles. The fourth-order valence-electron chi connectivity index (χ4n) is 1.43. The fourth-order valence-corrected chi connectivity index (χ4v) is 1.43. The highest BCUT2D eigenvalue weighted by Gasteiger charge is 1.92. The number of hydrogen-bond donors (Lipinski definition) is 1. The Balaban J connectivity index is 1.99. The summed E-state index contributed by atoms with van der Waals surface area (Å²) in [6.07, 6.45) is 8.67. The Morgan fingerprint density at radius 1 is 1.29 bits per heavy atom. The molecule has 1 aromatic rings. The third kappa shape index (κ3) is 4.97. The Morgan fingerprint density at radius 3 is 2.93 bits per heavy atom. The SMILES string of the molecule is CCCNCCCCc1cccnc1. The first-order valence-corrected chi connectivity index (χ1v) is 5.53. The summed E-state index contributed by atoms with van der Waals surface area (Å²) >= 11 is 0. The standard InChI is InChI=1S/C12H20N2/c1-2-8-13-9-4-3-6-12-7-5-10-14-11-12/h5,7,10-11,13H,2-4,6,8-9H2,1H3. The molecule has 1 heterocycles. The molecule has 0 aliphatic carbocycles. The van der Waals surface area contributed by atoms with E-state index >= 15 is 0 Å². The van der Waals surface area contributed by atoms with E-state index in [-0.39, 0.29) is 0 Å². The lowest BCUT2D eigenvalue weighted by Gasteiger charge is -2.02. The van der Waals surface area contributed by atoms with Crippen LogP contribution in [-0.4, -0.2) is 18.1 Å². The molecule has 2 nitrogen and oxygen atoms in total. The molecule has 1 N–H and O–H groups in total. The Hall–Kier alpha value is -0.890. The van der Waals surface area contributed by atoms with Crippen LogP contribution in [0.25, 0.3) is 0 Å². The highest BCUT2D eigenvalue weighted by molar-refractivity contribution is 5.08. The molecule has 0 radical (unpaired) electrons. The van der Waals surface area contributed by atoms with Gasteiger partial charge in [-0.15, -0.1) is 0 Å². The van der Waals surface area contributed by atoms with Gasteiger partial charge in [-0.1, -0.05) is 13.0 Å². The molecule has 2 heteroatoms. The van der Waals surface area contributed by atoms with Crippen LogP contribution < -0.4 is 5.32 Å². The Kier molecular flexibility index (Phi) is 6.00. The minimum atomic E-state index is 1.15. The molecular weight excluding hydrogens is 172 g/mol. The number of nitrogens with zero attached hydrogens (tertiary/aromatic N) is 1. The molecule has 0 spiro atoms. The van der Waals surface area contributed by atoms with Gasteiger partial charge >= 0.3 is 0 Å². The lowest BCUT2D eigenvalue weighted by Crippen LogP contribution is -2.15. The summed E-state index contributed by atoms with van der Waals surface area (Å²) in [5.41, 5.74) is 1.35. The minimum absolute atomic E-state index is 1.15. The van der Waals surface area contributed by atoms with Gasteiger partial charge in [0.25, 0.3) is 0 Å². The first kappa shape index (κ1) is 11.2. The van der Waals surface area contributed by atoms with Crippen LogP contribution in [0.3, 0.4) is 0 Å². The van der Waals surface area contributed by atoms with Crippen molar-refractivity contribution in [3.8, 4) is 0 Å². The first-order valence-electron chi connectivity index (χ1n) is 5.53. The van der Waals surface area contributed by atoms with Crippen molar-refractivity contribution in [1.82, 2.24) is 10.3 Å². The predicted octanol–water partition coefficient (Wildman–Crippen LogP) is 2.40. The Morgan fingerprint density at radius 2 is 2.21 bits per heavy atom. The second-order valence-corrected chi connectivity index (χ2v) is 3.57. The van der Waals surface area contributed by atoms with E-state index < -0.39 is 0 Å². The minimum Gasteiger partial charge on any atom is -0.317 e. The topological polar surface area (TPSA) is 24.9 Å². The second-order valence-electron chi connectivity index (χ2n) is 3.57. The predicted molar refractivity (Wildman–Crippen MR) is 60.3 cm³/mol. The van der Waals surface area contributed by atoms with Gasteiger partial charge in [-0.25, -0.2) is 0 Å². The van der Waals surface area contributed by atoms with E-state index in [1.807, 2.05) is 18.5 Å². The van der Waals surface area contributed by atoms with Crippen LogP contribution in [-0.2, 0) is 6.42 Å². The highest BCUT2D eigenvalue weighted by atomic mass is 14.8. The molecule has 0 amide bonds. The van der Waals surface area contributed by atoms with Gasteiger partial charge in [0.15, 0.2) is 0 Å². The lowest BCUT2D eigenvalue weighted by molar-refractivity contribution is 0.616. The van der Waals surface area contributed by atoms with Gasteiger partial charge in [0.2, 0.25) is 0 Å². The first-order chi connectivity index (χ1) is 6.93. The maximum atomic E-state index is 4.10. The van der Waals surface area contributed by atoms with Crippen molar-refractivity contribution in [3.63, 3.8) is 0 Å². The molecule has 1 rings (SSSR count). The summed E-state index contributed by atoms with van der Waals surface area (Å²) in [6.45, 7) is 4.49. The van der Waals surface area contributed by atoms with Gasteiger partial charge in [-0.3, -0.25) is 4.98 Å². The summed E-state index contributed by atoms with van der Waals surface area (Å²) < 4.78 is 0. The zero-order chi connectivity index (χ0) is 10.1. The van der Waals surface area contributed by atoms with Crippen LogP contribution in [0.5, 0.6) is 0 Å². The molecule has 0 aliphatic rings. The van der Waals surface area contributed by atoms with Crippen molar-refractivity contribution in [1.29, 1.82) is 0 Å². The molecule has 0 atom stereocenters. The number of pyridine rings is 1. The highest BCUT2D eigenvalue weighted by Crippen LogP contribution is 2.01. The number of nitrogens with one attached hydrogen (secondary N) is 1. The van der Waals surface area contributed by atoms with E-state index in [0.29, 0.717) is 0 Å². The van der Waals surface area contributed by atoms with E-state index in [1.54, 1.807) is 0 Å². The number of hydrogen-bond acceptors (Lipinski definition) is 2. The van der Waals surface area contributed by atoms with Gasteiger partial charge in [0.05, 0.1) is 0 Å². The number of aromatic nitrogens is 1. The van der Waals surface area contributed by atoms with Crippen LogP contribution in [0.2, 0.25) is 0 Å². The smallest absolute Gasteiger partial charge is 0.0299 e. The molecule has 14 heavy (non-hydrogen) atoms. The number of aryl methyl sites for hydroxylation is 1. The van der Waals surface area contributed by atoms with Crippen LogP contribution in [0, 0.1) is 0 Å². The number of unbranched alkanes of at least 4 members (excludes halogenated alkanes) is 1. The Bertz CT molecular complexity index is 221. The molecule has 0 unspecified atom stereocenters. The van der Waals surface area contributed by atoms with Crippen molar-refractivity contribution >= 4 is 0 Å². The van der Waals surface area contributed by atoms with Gasteiger partial charge in [0, 0.05) is 12.4 Å². The molecule has 0 aliphatic heterocycles. The van der Waals surface area contributed by atoms with Crippen molar-refractivity contribution in [3.05, 3.63) is 30.1 Å². The third-order valence-corrected chi connectivity index (χ3v) is 2.22. The average Bonchev–Trinajstić information content (AvgIpc) is 2.25. The molecule has 78 valence electrons. The summed E-state index contributed by atoms with van der Waals surface area (Å²) in [6, 6.07) is 4.15. The quantitative estimate of drug-likeness (QED) is 0.671. The molecule has 0 bridgehead atoms. The van der Waals surface area contributed by atoms with Crippen LogP contribution >= 0.6 is 0 Å². The van der Waals surface area contributed by atoms with Gasteiger partial charge in [0.1, 0.15) is 0 Å². The van der Waals surface area contributed by atoms with E-state index in [9.17, 15) is 0 Å². The molecule has 0 saturated heterocycles. The Labute approximate surface area is 86.8 Å². The summed E-state index contributed by atoms with van der Waals surface area (Å²) in [5, 5.41) is 3.41. The normalized spacial score (nSPS) is 10.4. The fraction of sp³-hybridized carbons (Fsp3) is 0.583. The molecule has 1 aromatic heterocycles. The van der Waals surface area contributed by atoms with Crippen molar-refractivity contribution in [2.75, 3.05) is 13.1 Å². The van der Waals surface area contributed by atoms with E-state index in [1.165, 1.54) is 24.8 Å². The van der Waals surface area contributed by atoms with Crippen LogP contribution in [0.1, 0.15) is 31.7 Å². The van der Waals surface area contributed by atoms with Crippen LogP contribution in [0.4, 0.5) is 0 Å². The summed E-state index contributed by atoms with van der Waals surface area (Å²) in [7, 11) is 0. The lowest BCUT2D eigenvalue weighted by atomic mass is 10.1. The van der Waals surface area contributed by atoms with E-state index in [4.69, 9.17) is 0 Å². The van der Waals surface area contributed by atoms with Gasteiger partial charge in [-0.05, 0) is 50.4 Å². The van der Waals surface area contributed by atoms with Crippen molar-refractivity contribution in [2.24, 2.45) is 0 Å². The maximum absolute atomic E-state index is 4.10. The molecule has 0 fully saturated rings. The van der Waals surface area contributed by atoms with Crippen molar-refractivity contribution < 1.29 is 0 Å². The molecule has 0 aromatic carbocycles. The summed E-state index contributed by atoms with van der Waals surface area (Å²) in [4.78, 5) is 4.10. The number of rotatable bonds is 7. The summed E-state index contributed by atoms with van der Waals surface area (Å²) in [5.74, 6) is 0. The monoisotopic (exact) mass is 192 g/mol. The maximum Gasteiger partial charge on any atom is 0.0299 e. The molecular formula is C12H20N2. The van der Waals surface area contributed by atoms with Gasteiger partial charge < -0.3 is 5.32 Å². The largest absolute Gasteiger partial charge is 0.317 e. The van der Waals surface area contributed by atoms with Gasteiger partial charge in [-0.2, -0.15) is 0 Å². The average molecular weight is 192 g/mol. The third-order valence-electron chi connectivity index (χ3n) is 2.22.